The van der Waals surface area contributed by atoms with E-state index >= 15 is 0 Å². The Morgan fingerprint density at radius 3 is 2.53 bits per heavy atom. The average molecular weight is 265 g/mol. The largest absolute Gasteiger partial charge is 0.335 e. The molecule has 3 nitrogen and oxygen atoms in total. The SMILES string of the molecule is CCCn1ccnc1CC(C)C(C)CNC(C)(C)C. The lowest BCUT2D eigenvalue weighted by atomic mass is 9.91. The van der Waals surface area contributed by atoms with Crippen LogP contribution < -0.4 is 5.32 Å². The quantitative estimate of drug-likeness (QED) is 0.818. The summed E-state index contributed by atoms with van der Waals surface area (Å²) in [6, 6.07) is 0. The van der Waals surface area contributed by atoms with Gasteiger partial charge >= 0.3 is 0 Å². The number of nitrogens with zero attached hydrogens (tertiary/aromatic N) is 2. The van der Waals surface area contributed by atoms with Crippen molar-refractivity contribution < 1.29 is 0 Å². The van der Waals surface area contributed by atoms with E-state index in [0.717, 1.165) is 19.5 Å². The highest BCUT2D eigenvalue weighted by atomic mass is 15.1. The molecule has 0 aliphatic carbocycles. The third-order valence-electron chi connectivity index (χ3n) is 3.70. The molecular formula is C16H31N3. The summed E-state index contributed by atoms with van der Waals surface area (Å²) in [4.78, 5) is 4.51. The van der Waals surface area contributed by atoms with Crippen molar-refractivity contribution in [2.45, 2.75) is 66.5 Å². The molecule has 110 valence electrons. The molecule has 1 aromatic heterocycles. The Hall–Kier alpha value is -0.830. The predicted molar refractivity (Wildman–Crippen MR) is 82.3 cm³/mol. The molecule has 0 aliphatic rings. The van der Waals surface area contributed by atoms with Crippen LogP contribution in [-0.4, -0.2) is 21.6 Å². The highest BCUT2D eigenvalue weighted by Crippen LogP contribution is 2.17. The predicted octanol–water partition coefficient (Wildman–Crippen LogP) is 3.50. The highest BCUT2D eigenvalue weighted by molar-refractivity contribution is 4.94. The van der Waals surface area contributed by atoms with E-state index in [0.29, 0.717) is 11.8 Å². The first-order chi connectivity index (χ1) is 8.83. The van der Waals surface area contributed by atoms with Crippen LogP contribution in [-0.2, 0) is 13.0 Å². The summed E-state index contributed by atoms with van der Waals surface area (Å²) in [6.07, 6.45) is 6.26. The van der Waals surface area contributed by atoms with Gasteiger partial charge in [0.25, 0.3) is 0 Å². The molecule has 0 aliphatic heterocycles. The topological polar surface area (TPSA) is 29.9 Å². The number of hydrogen-bond acceptors (Lipinski definition) is 2. The molecule has 2 atom stereocenters. The lowest BCUT2D eigenvalue weighted by Gasteiger charge is -2.26. The maximum atomic E-state index is 4.51. The standard InChI is InChI=1S/C16H31N3/c1-7-9-19-10-8-17-15(19)11-13(2)14(3)12-18-16(4,5)6/h8,10,13-14,18H,7,9,11-12H2,1-6H3. The number of hydrogen-bond donors (Lipinski definition) is 1. The van der Waals surface area contributed by atoms with E-state index in [4.69, 9.17) is 0 Å². The van der Waals surface area contributed by atoms with Gasteiger partial charge in [-0.05, 0) is 45.6 Å². The van der Waals surface area contributed by atoms with Gasteiger partial charge in [0.1, 0.15) is 5.82 Å². The fourth-order valence-corrected chi connectivity index (χ4v) is 2.13. The Morgan fingerprint density at radius 2 is 1.95 bits per heavy atom. The van der Waals surface area contributed by atoms with Crippen molar-refractivity contribution in [2.75, 3.05) is 6.54 Å². The summed E-state index contributed by atoms with van der Waals surface area (Å²) in [5.74, 6) is 2.54. The van der Waals surface area contributed by atoms with Gasteiger partial charge in [0.15, 0.2) is 0 Å². The van der Waals surface area contributed by atoms with Crippen molar-refractivity contribution in [3.05, 3.63) is 18.2 Å². The van der Waals surface area contributed by atoms with E-state index in [1.54, 1.807) is 0 Å². The van der Waals surface area contributed by atoms with Crippen LogP contribution in [0.2, 0.25) is 0 Å². The van der Waals surface area contributed by atoms with Crippen LogP contribution in [0.4, 0.5) is 0 Å². The molecule has 0 saturated carbocycles. The molecule has 1 aromatic rings. The fraction of sp³-hybridized carbons (Fsp3) is 0.812. The smallest absolute Gasteiger partial charge is 0.108 e. The van der Waals surface area contributed by atoms with Crippen LogP contribution in [0.5, 0.6) is 0 Å². The van der Waals surface area contributed by atoms with Gasteiger partial charge in [-0.1, -0.05) is 20.8 Å². The van der Waals surface area contributed by atoms with E-state index in [2.05, 4.69) is 62.6 Å². The van der Waals surface area contributed by atoms with Crippen molar-refractivity contribution >= 4 is 0 Å². The van der Waals surface area contributed by atoms with Gasteiger partial charge in [-0.15, -0.1) is 0 Å². The zero-order valence-corrected chi connectivity index (χ0v) is 13.5. The molecule has 1 heterocycles. The maximum Gasteiger partial charge on any atom is 0.108 e. The van der Waals surface area contributed by atoms with E-state index in [1.807, 2.05) is 6.20 Å². The lowest BCUT2D eigenvalue weighted by Crippen LogP contribution is -2.40. The monoisotopic (exact) mass is 265 g/mol. The second-order valence-corrected chi connectivity index (χ2v) is 6.83. The normalized spacial score (nSPS) is 15.5. The summed E-state index contributed by atoms with van der Waals surface area (Å²) in [5, 5.41) is 3.59. The number of aryl methyl sites for hydroxylation is 1. The van der Waals surface area contributed by atoms with Crippen LogP contribution in [0.15, 0.2) is 12.4 Å². The minimum absolute atomic E-state index is 0.203. The van der Waals surface area contributed by atoms with Crippen LogP contribution in [0.25, 0.3) is 0 Å². The van der Waals surface area contributed by atoms with Crippen molar-refractivity contribution in [3.8, 4) is 0 Å². The summed E-state index contributed by atoms with van der Waals surface area (Å²) < 4.78 is 2.29. The first kappa shape index (κ1) is 16.2. The van der Waals surface area contributed by atoms with Gasteiger partial charge in [-0.2, -0.15) is 0 Å². The Kier molecular flexibility index (Phi) is 6.05. The molecule has 0 aromatic carbocycles. The van der Waals surface area contributed by atoms with Crippen LogP contribution in [0.1, 0.15) is 53.8 Å². The van der Waals surface area contributed by atoms with Gasteiger partial charge < -0.3 is 9.88 Å². The molecule has 0 saturated heterocycles. The second-order valence-electron chi connectivity index (χ2n) is 6.83. The van der Waals surface area contributed by atoms with Crippen molar-refractivity contribution in [2.24, 2.45) is 11.8 Å². The number of nitrogens with one attached hydrogen (secondary N) is 1. The van der Waals surface area contributed by atoms with Crippen molar-refractivity contribution in [3.63, 3.8) is 0 Å². The highest BCUT2D eigenvalue weighted by Gasteiger charge is 2.18. The molecule has 2 unspecified atom stereocenters. The van der Waals surface area contributed by atoms with E-state index < -0.39 is 0 Å². The van der Waals surface area contributed by atoms with Gasteiger partial charge in [0, 0.05) is 30.9 Å². The van der Waals surface area contributed by atoms with Crippen LogP contribution in [0, 0.1) is 11.8 Å². The number of imidazole rings is 1. The Bertz CT molecular complexity index is 362. The first-order valence-electron chi connectivity index (χ1n) is 7.58. The molecule has 0 fully saturated rings. The first-order valence-corrected chi connectivity index (χ1v) is 7.58. The van der Waals surface area contributed by atoms with Crippen molar-refractivity contribution in [1.29, 1.82) is 0 Å². The summed E-state index contributed by atoms with van der Waals surface area (Å²) in [5.41, 5.74) is 0.203. The van der Waals surface area contributed by atoms with E-state index in [1.165, 1.54) is 12.2 Å². The molecule has 19 heavy (non-hydrogen) atoms. The summed E-state index contributed by atoms with van der Waals surface area (Å²) >= 11 is 0. The average Bonchev–Trinajstić information content (AvgIpc) is 2.73. The Labute approximate surface area is 118 Å². The Morgan fingerprint density at radius 1 is 1.26 bits per heavy atom. The zero-order valence-electron chi connectivity index (χ0n) is 13.5. The minimum Gasteiger partial charge on any atom is -0.335 e. The zero-order chi connectivity index (χ0) is 14.5. The molecule has 1 N–H and O–H groups in total. The lowest BCUT2D eigenvalue weighted by molar-refractivity contribution is 0.312. The second kappa shape index (κ2) is 7.09. The van der Waals surface area contributed by atoms with Gasteiger partial charge in [0.2, 0.25) is 0 Å². The fourth-order valence-electron chi connectivity index (χ4n) is 2.13. The van der Waals surface area contributed by atoms with Crippen LogP contribution >= 0.6 is 0 Å². The minimum atomic E-state index is 0.203. The van der Waals surface area contributed by atoms with Gasteiger partial charge in [-0.25, -0.2) is 4.98 Å². The van der Waals surface area contributed by atoms with E-state index in [-0.39, 0.29) is 5.54 Å². The maximum absolute atomic E-state index is 4.51. The van der Waals surface area contributed by atoms with E-state index in [9.17, 15) is 0 Å². The molecule has 0 bridgehead atoms. The van der Waals surface area contributed by atoms with Crippen LogP contribution in [0.3, 0.4) is 0 Å². The van der Waals surface area contributed by atoms with Crippen molar-refractivity contribution in [1.82, 2.24) is 14.9 Å². The molecule has 0 spiro atoms. The number of aromatic nitrogens is 2. The molecule has 0 radical (unpaired) electrons. The third kappa shape index (κ3) is 5.77. The summed E-state index contributed by atoms with van der Waals surface area (Å²) in [6.45, 7) is 15.7. The summed E-state index contributed by atoms with van der Waals surface area (Å²) in [7, 11) is 0. The molecule has 3 heteroatoms. The number of rotatable bonds is 7. The molecule has 0 amide bonds. The van der Waals surface area contributed by atoms with Gasteiger partial charge in [-0.3, -0.25) is 0 Å². The molecular weight excluding hydrogens is 234 g/mol. The Balaban J connectivity index is 2.49. The molecule has 1 rings (SSSR count). The third-order valence-corrected chi connectivity index (χ3v) is 3.70. The van der Waals surface area contributed by atoms with Gasteiger partial charge in [0.05, 0.1) is 0 Å².